The lowest BCUT2D eigenvalue weighted by molar-refractivity contribution is -0.118. The van der Waals surface area contributed by atoms with Gasteiger partial charge in [-0.2, -0.15) is 4.31 Å². The maximum atomic E-state index is 12.6. The van der Waals surface area contributed by atoms with Gasteiger partial charge in [-0.1, -0.05) is 31.0 Å². The number of rotatable bonds is 6. The third-order valence-electron chi connectivity index (χ3n) is 3.79. The zero-order chi connectivity index (χ0) is 15.5. The molecule has 0 bridgehead atoms. The summed E-state index contributed by atoms with van der Waals surface area (Å²) in [6.07, 6.45) is 3.50. The number of hydrogen-bond donors (Lipinski definition) is 2. The van der Waals surface area contributed by atoms with Crippen LogP contribution in [0, 0.1) is 0 Å². The summed E-state index contributed by atoms with van der Waals surface area (Å²) in [4.78, 5) is 11.2. The fourth-order valence-corrected chi connectivity index (χ4v) is 4.56. The Balaban J connectivity index is 2.24. The van der Waals surface area contributed by atoms with Gasteiger partial charge >= 0.3 is 0 Å². The highest BCUT2D eigenvalue weighted by Crippen LogP contribution is 2.27. The molecule has 2 rings (SSSR count). The SMILES string of the molecule is NC(=O)CN(C1CCCC1)S(=O)(=O)Cc1ccccc1N. The molecule has 21 heavy (non-hydrogen) atoms. The molecule has 0 unspecified atom stereocenters. The van der Waals surface area contributed by atoms with E-state index in [9.17, 15) is 13.2 Å². The fraction of sp³-hybridized carbons (Fsp3) is 0.500. The second kappa shape index (κ2) is 6.44. The maximum Gasteiger partial charge on any atom is 0.232 e. The molecule has 7 heteroatoms. The average Bonchev–Trinajstić information content (AvgIpc) is 2.92. The van der Waals surface area contributed by atoms with Crippen LogP contribution in [0.15, 0.2) is 24.3 Å². The van der Waals surface area contributed by atoms with Crippen molar-refractivity contribution >= 4 is 21.6 Å². The number of nitrogen functional groups attached to an aromatic ring is 1. The molecular formula is C14H21N3O3S. The number of primary amides is 1. The van der Waals surface area contributed by atoms with Gasteiger partial charge in [-0.15, -0.1) is 0 Å². The number of amides is 1. The third kappa shape index (κ3) is 3.95. The molecule has 1 aliphatic rings. The third-order valence-corrected chi connectivity index (χ3v) is 5.61. The smallest absolute Gasteiger partial charge is 0.232 e. The van der Waals surface area contributed by atoms with Crippen LogP contribution in [0.3, 0.4) is 0 Å². The molecule has 1 aromatic carbocycles. The highest BCUT2D eigenvalue weighted by atomic mass is 32.2. The van der Waals surface area contributed by atoms with Crippen LogP contribution in [0.4, 0.5) is 5.69 Å². The second-order valence-electron chi connectivity index (χ2n) is 5.40. The van der Waals surface area contributed by atoms with Crippen LogP contribution in [0.2, 0.25) is 0 Å². The lowest BCUT2D eigenvalue weighted by Gasteiger charge is -2.27. The number of hydrogen-bond acceptors (Lipinski definition) is 4. The van der Waals surface area contributed by atoms with Crippen molar-refractivity contribution in [3.8, 4) is 0 Å². The van der Waals surface area contributed by atoms with E-state index in [-0.39, 0.29) is 18.3 Å². The Kier molecular flexibility index (Phi) is 4.84. The quantitative estimate of drug-likeness (QED) is 0.759. The first-order chi connectivity index (χ1) is 9.90. The Hall–Kier alpha value is -1.60. The van der Waals surface area contributed by atoms with Crippen LogP contribution in [0.5, 0.6) is 0 Å². The number of para-hydroxylation sites is 1. The van der Waals surface area contributed by atoms with E-state index in [1.807, 2.05) is 0 Å². The number of carbonyl (C=O) groups excluding carboxylic acids is 1. The van der Waals surface area contributed by atoms with E-state index in [0.717, 1.165) is 25.7 Å². The minimum absolute atomic E-state index is 0.132. The van der Waals surface area contributed by atoms with Gasteiger partial charge in [0.1, 0.15) is 0 Å². The number of nitrogens with two attached hydrogens (primary N) is 2. The Bertz CT molecular complexity index is 610. The molecule has 1 aliphatic carbocycles. The van der Waals surface area contributed by atoms with Crippen LogP contribution < -0.4 is 11.5 Å². The molecule has 0 heterocycles. The van der Waals surface area contributed by atoms with Gasteiger partial charge in [-0.25, -0.2) is 8.42 Å². The number of sulfonamides is 1. The van der Waals surface area contributed by atoms with Crippen molar-refractivity contribution in [2.75, 3.05) is 12.3 Å². The van der Waals surface area contributed by atoms with Gasteiger partial charge < -0.3 is 11.5 Å². The molecule has 6 nitrogen and oxygen atoms in total. The predicted molar refractivity (Wildman–Crippen MR) is 81.6 cm³/mol. The Labute approximate surface area is 125 Å². The van der Waals surface area contributed by atoms with E-state index in [1.165, 1.54) is 4.31 Å². The van der Waals surface area contributed by atoms with Crippen molar-refractivity contribution in [3.63, 3.8) is 0 Å². The normalized spacial score (nSPS) is 16.4. The van der Waals surface area contributed by atoms with Gasteiger partial charge in [0.05, 0.1) is 12.3 Å². The Morgan fingerprint density at radius 1 is 1.24 bits per heavy atom. The van der Waals surface area contributed by atoms with E-state index >= 15 is 0 Å². The highest BCUT2D eigenvalue weighted by Gasteiger charge is 2.33. The molecule has 1 fully saturated rings. The maximum absolute atomic E-state index is 12.6. The van der Waals surface area contributed by atoms with Gasteiger partial charge in [0.15, 0.2) is 0 Å². The average molecular weight is 311 g/mol. The summed E-state index contributed by atoms with van der Waals surface area (Å²) >= 11 is 0. The van der Waals surface area contributed by atoms with Crippen LogP contribution in [0.1, 0.15) is 31.2 Å². The topological polar surface area (TPSA) is 106 Å². The van der Waals surface area contributed by atoms with Gasteiger partial charge in [-0.05, 0) is 24.5 Å². The monoisotopic (exact) mass is 311 g/mol. The predicted octanol–water partition coefficient (Wildman–Crippen LogP) is 0.828. The Morgan fingerprint density at radius 2 is 1.86 bits per heavy atom. The van der Waals surface area contributed by atoms with E-state index < -0.39 is 15.9 Å². The van der Waals surface area contributed by atoms with E-state index in [4.69, 9.17) is 11.5 Å². The fourth-order valence-electron chi connectivity index (χ4n) is 2.75. The van der Waals surface area contributed by atoms with E-state index in [1.54, 1.807) is 24.3 Å². The minimum Gasteiger partial charge on any atom is -0.398 e. The summed E-state index contributed by atoms with van der Waals surface area (Å²) in [5.74, 6) is -0.838. The van der Waals surface area contributed by atoms with Gasteiger partial charge in [0.2, 0.25) is 15.9 Å². The first-order valence-electron chi connectivity index (χ1n) is 7.01. The van der Waals surface area contributed by atoms with Crippen LogP contribution in [0.25, 0.3) is 0 Å². The largest absolute Gasteiger partial charge is 0.398 e. The van der Waals surface area contributed by atoms with Crippen molar-refractivity contribution in [2.45, 2.75) is 37.5 Å². The van der Waals surface area contributed by atoms with Crippen molar-refractivity contribution < 1.29 is 13.2 Å². The van der Waals surface area contributed by atoms with Crippen molar-refractivity contribution in [2.24, 2.45) is 5.73 Å². The molecule has 0 atom stereocenters. The lowest BCUT2D eigenvalue weighted by Crippen LogP contribution is -2.44. The summed E-state index contributed by atoms with van der Waals surface area (Å²) in [5.41, 5.74) is 12.0. The lowest BCUT2D eigenvalue weighted by atomic mass is 10.2. The van der Waals surface area contributed by atoms with Crippen molar-refractivity contribution in [3.05, 3.63) is 29.8 Å². The molecule has 1 aromatic rings. The van der Waals surface area contributed by atoms with Crippen molar-refractivity contribution in [1.82, 2.24) is 4.31 Å². The molecule has 0 saturated heterocycles. The molecular weight excluding hydrogens is 290 g/mol. The first-order valence-corrected chi connectivity index (χ1v) is 8.62. The molecule has 4 N–H and O–H groups in total. The molecule has 116 valence electrons. The number of benzene rings is 1. The summed E-state index contributed by atoms with van der Waals surface area (Å²) in [7, 11) is -3.62. The Morgan fingerprint density at radius 3 is 2.43 bits per heavy atom. The van der Waals surface area contributed by atoms with Gasteiger partial charge in [0, 0.05) is 11.7 Å². The molecule has 1 amide bonds. The molecule has 0 aromatic heterocycles. The summed E-state index contributed by atoms with van der Waals surface area (Å²) in [5, 5.41) is 0. The first kappa shape index (κ1) is 15.8. The molecule has 1 saturated carbocycles. The summed E-state index contributed by atoms with van der Waals surface area (Å²) in [6, 6.07) is 6.72. The number of anilines is 1. The van der Waals surface area contributed by atoms with Gasteiger partial charge in [0.25, 0.3) is 0 Å². The van der Waals surface area contributed by atoms with Crippen LogP contribution >= 0.6 is 0 Å². The molecule has 0 radical (unpaired) electrons. The van der Waals surface area contributed by atoms with E-state index in [2.05, 4.69) is 0 Å². The molecule has 0 spiro atoms. The summed E-state index contributed by atoms with van der Waals surface area (Å²) in [6.45, 7) is -0.264. The van der Waals surface area contributed by atoms with Crippen molar-refractivity contribution in [1.29, 1.82) is 0 Å². The molecule has 0 aliphatic heterocycles. The highest BCUT2D eigenvalue weighted by molar-refractivity contribution is 7.88. The second-order valence-corrected chi connectivity index (χ2v) is 7.33. The van der Waals surface area contributed by atoms with E-state index in [0.29, 0.717) is 11.3 Å². The number of carbonyl (C=O) groups is 1. The summed E-state index contributed by atoms with van der Waals surface area (Å²) < 4.78 is 26.5. The number of nitrogens with zero attached hydrogens (tertiary/aromatic N) is 1. The van der Waals surface area contributed by atoms with Crippen LogP contribution in [-0.2, 0) is 20.6 Å². The van der Waals surface area contributed by atoms with Crippen LogP contribution in [-0.4, -0.2) is 31.2 Å². The van der Waals surface area contributed by atoms with Gasteiger partial charge in [-0.3, -0.25) is 4.79 Å². The zero-order valence-corrected chi connectivity index (χ0v) is 12.7. The standard InChI is InChI=1S/C14H21N3O3S/c15-13-8-4-1-5-11(13)10-21(19,20)17(9-14(16)18)12-6-2-3-7-12/h1,4-5,8,12H,2-3,6-7,9-10,15H2,(H2,16,18). The zero-order valence-electron chi connectivity index (χ0n) is 11.9. The minimum atomic E-state index is -3.62.